The summed E-state index contributed by atoms with van der Waals surface area (Å²) in [4.78, 5) is 23.6. The quantitative estimate of drug-likeness (QED) is 0.744. The number of benzene rings is 2. The van der Waals surface area contributed by atoms with Gasteiger partial charge in [0.2, 0.25) is 0 Å². The number of rotatable bonds is 6. The highest BCUT2D eigenvalue weighted by Crippen LogP contribution is 2.44. The summed E-state index contributed by atoms with van der Waals surface area (Å²) in [5.41, 5.74) is 3.96. The molecule has 29 heavy (non-hydrogen) atoms. The van der Waals surface area contributed by atoms with Crippen LogP contribution in [0.1, 0.15) is 37.8 Å². The van der Waals surface area contributed by atoms with Crippen molar-refractivity contribution in [2.75, 3.05) is 13.2 Å². The molecule has 0 radical (unpaired) electrons. The third-order valence-electron chi connectivity index (χ3n) is 4.62. The highest BCUT2D eigenvalue weighted by Gasteiger charge is 2.30. The molecule has 156 valence electrons. The molecule has 0 fully saturated rings. The van der Waals surface area contributed by atoms with E-state index in [1.807, 2.05) is 57.2 Å². The molecule has 6 nitrogen and oxygen atoms in total. The highest BCUT2D eigenvalue weighted by molar-refractivity contribution is 7.59. The summed E-state index contributed by atoms with van der Waals surface area (Å²) in [7, 11) is 0. The first kappa shape index (κ1) is 22.8. The van der Waals surface area contributed by atoms with Gasteiger partial charge < -0.3 is 19.9 Å². The molecule has 3 rings (SSSR count). The van der Waals surface area contributed by atoms with Gasteiger partial charge in [0.15, 0.2) is 6.04 Å². The normalized spacial score (nSPS) is 13.6. The van der Waals surface area contributed by atoms with E-state index in [1.54, 1.807) is 0 Å². The molecule has 1 atom stereocenters. The lowest BCUT2D eigenvalue weighted by atomic mass is 9.98. The summed E-state index contributed by atoms with van der Waals surface area (Å²) >= 11 is 0. The van der Waals surface area contributed by atoms with Crippen molar-refractivity contribution in [3.05, 3.63) is 59.7 Å². The molecule has 1 aliphatic rings. The molecule has 1 amide bonds. The summed E-state index contributed by atoms with van der Waals surface area (Å²) in [6.45, 7) is 5.45. The summed E-state index contributed by atoms with van der Waals surface area (Å²) in [5.74, 6) is -1.25. The minimum Gasteiger partial charge on any atom is -0.480 e. The predicted octanol–water partition coefficient (Wildman–Crippen LogP) is 3.91. The molecule has 0 spiro atoms. The van der Waals surface area contributed by atoms with Crippen LogP contribution in [0.3, 0.4) is 0 Å². The van der Waals surface area contributed by atoms with E-state index in [-0.39, 0.29) is 32.6 Å². The van der Waals surface area contributed by atoms with Crippen molar-refractivity contribution < 1.29 is 24.2 Å². The molecule has 0 aliphatic heterocycles. The summed E-state index contributed by atoms with van der Waals surface area (Å²) in [5, 5.41) is 11.7. The van der Waals surface area contributed by atoms with Gasteiger partial charge in [0, 0.05) is 5.92 Å². The van der Waals surface area contributed by atoms with E-state index in [0.29, 0.717) is 0 Å². The number of hydrogen-bond acceptors (Lipinski definition) is 4. The molecule has 2 aromatic carbocycles. The van der Waals surface area contributed by atoms with Crippen molar-refractivity contribution in [2.45, 2.75) is 38.3 Å². The zero-order chi connectivity index (χ0) is 20.3. The van der Waals surface area contributed by atoms with Gasteiger partial charge in [-0.1, -0.05) is 48.5 Å². The summed E-state index contributed by atoms with van der Waals surface area (Å²) in [6, 6.07) is 14.9. The first-order valence-electron chi connectivity index (χ1n) is 9.24. The zero-order valence-electron chi connectivity index (χ0n) is 16.8. The number of aliphatic carboxylic acids is 1. The molecule has 0 aromatic heterocycles. The Balaban J connectivity index is 0.00000300. The Morgan fingerprint density at radius 2 is 1.55 bits per heavy atom. The van der Waals surface area contributed by atoms with E-state index in [4.69, 9.17) is 9.47 Å². The van der Waals surface area contributed by atoms with E-state index >= 15 is 0 Å². The van der Waals surface area contributed by atoms with Gasteiger partial charge in [0.05, 0.1) is 12.2 Å². The fourth-order valence-corrected chi connectivity index (χ4v) is 3.29. The van der Waals surface area contributed by atoms with Crippen molar-refractivity contribution in [3.8, 4) is 11.1 Å². The fourth-order valence-electron chi connectivity index (χ4n) is 3.29. The van der Waals surface area contributed by atoms with Crippen LogP contribution < -0.4 is 5.32 Å². The predicted molar refractivity (Wildman–Crippen MR) is 116 cm³/mol. The van der Waals surface area contributed by atoms with Gasteiger partial charge in [0.25, 0.3) is 0 Å². The van der Waals surface area contributed by atoms with E-state index in [9.17, 15) is 14.7 Å². The van der Waals surface area contributed by atoms with Gasteiger partial charge >= 0.3 is 12.1 Å². The zero-order valence-corrected chi connectivity index (χ0v) is 17.8. The lowest BCUT2D eigenvalue weighted by Gasteiger charge is -2.23. The number of alkyl carbamates (subject to hydrolysis) is 1. The number of carboxylic acid groups (broad SMARTS) is 1. The summed E-state index contributed by atoms with van der Waals surface area (Å²) < 4.78 is 10.9. The van der Waals surface area contributed by atoms with Crippen LogP contribution in [0.5, 0.6) is 0 Å². The Hall–Kier alpha value is -2.51. The van der Waals surface area contributed by atoms with E-state index in [0.717, 1.165) is 22.3 Å². The van der Waals surface area contributed by atoms with E-state index in [1.165, 1.54) is 0 Å². The second kappa shape index (κ2) is 9.33. The molecule has 7 heteroatoms. The van der Waals surface area contributed by atoms with Gasteiger partial charge in [-0.05, 0) is 43.0 Å². The Bertz CT molecular complexity index is 832. The SMILES string of the molecule is CC(C)(C)OC[C@H](NC(=O)OCC1c2ccccc2-c2ccccc21)C(=O)O.S. The Morgan fingerprint density at radius 3 is 2.03 bits per heavy atom. The van der Waals surface area contributed by atoms with Crippen LogP contribution >= 0.6 is 13.5 Å². The van der Waals surface area contributed by atoms with Crippen molar-refractivity contribution in [1.29, 1.82) is 0 Å². The third kappa shape index (κ3) is 5.52. The van der Waals surface area contributed by atoms with Crippen molar-refractivity contribution in [2.24, 2.45) is 0 Å². The number of carboxylic acids is 1. The minimum atomic E-state index is -1.17. The molecular weight excluding hydrogens is 390 g/mol. The topological polar surface area (TPSA) is 84.9 Å². The van der Waals surface area contributed by atoms with E-state index < -0.39 is 23.7 Å². The van der Waals surface area contributed by atoms with Gasteiger partial charge in [-0.15, -0.1) is 0 Å². The Kier molecular flexibility index (Phi) is 7.32. The van der Waals surface area contributed by atoms with Crippen LogP contribution in [0, 0.1) is 0 Å². The second-order valence-corrected chi connectivity index (χ2v) is 7.78. The molecule has 0 unspecified atom stereocenters. The molecule has 0 bridgehead atoms. The number of carbonyl (C=O) groups excluding carboxylic acids is 1. The molecule has 0 saturated heterocycles. The molecule has 0 saturated carbocycles. The molecule has 1 aliphatic carbocycles. The van der Waals surface area contributed by atoms with Gasteiger partial charge in [-0.3, -0.25) is 0 Å². The minimum absolute atomic E-state index is 0. The van der Waals surface area contributed by atoms with Crippen LogP contribution in [-0.2, 0) is 14.3 Å². The summed E-state index contributed by atoms with van der Waals surface area (Å²) in [6.07, 6.45) is -0.772. The van der Waals surface area contributed by atoms with Gasteiger partial charge in [-0.2, -0.15) is 13.5 Å². The largest absolute Gasteiger partial charge is 0.480 e. The lowest BCUT2D eigenvalue weighted by molar-refractivity contribution is -0.142. The van der Waals surface area contributed by atoms with Crippen LogP contribution in [0.4, 0.5) is 4.79 Å². The standard InChI is InChI=1S/C22H25NO5.H2S/c1-22(2,3)28-13-19(20(24)25)23-21(26)27-12-18-16-10-6-4-8-14(16)15-9-5-7-11-17(15)18;/h4-11,18-19H,12-13H2,1-3H3,(H,23,26)(H,24,25);1H2/t19-;/m0./s1. The van der Waals surface area contributed by atoms with Crippen LogP contribution in [0.2, 0.25) is 0 Å². The third-order valence-corrected chi connectivity index (χ3v) is 4.62. The molecule has 2 aromatic rings. The van der Waals surface area contributed by atoms with Crippen molar-refractivity contribution in [1.82, 2.24) is 5.32 Å². The maximum absolute atomic E-state index is 12.2. The van der Waals surface area contributed by atoms with Crippen molar-refractivity contribution >= 4 is 25.6 Å². The highest BCUT2D eigenvalue weighted by atomic mass is 32.1. The van der Waals surface area contributed by atoms with Crippen molar-refractivity contribution in [3.63, 3.8) is 0 Å². The number of ether oxygens (including phenoxy) is 2. The first-order chi connectivity index (χ1) is 13.3. The molecular formula is C22H27NO5S. The average Bonchev–Trinajstić information content (AvgIpc) is 2.96. The van der Waals surface area contributed by atoms with Gasteiger partial charge in [-0.25, -0.2) is 9.59 Å². The maximum atomic E-state index is 12.2. The number of hydrogen-bond donors (Lipinski definition) is 2. The second-order valence-electron chi connectivity index (χ2n) is 7.78. The van der Waals surface area contributed by atoms with Gasteiger partial charge in [0.1, 0.15) is 6.61 Å². The monoisotopic (exact) mass is 417 g/mol. The Morgan fingerprint density at radius 1 is 1.03 bits per heavy atom. The first-order valence-corrected chi connectivity index (χ1v) is 9.24. The smallest absolute Gasteiger partial charge is 0.407 e. The number of carbonyl (C=O) groups is 2. The molecule has 2 N–H and O–H groups in total. The lowest BCUT2D eigenvalue weighted by Crippen LogP contribution is -2.45. The number of amides is 1. The Labute approximate surface area is 177 Å². The van der Waals surface area contributed by atoms with Crippen LogP contribution in [-0.4, -0.2) is 42.0 Å². The van der Waals surface area contributed by atoms with E-state index in [2.05, 4.69) is 17.4 Å². The number of nitrogens with one attached hydrogen (secondary N) is 1. The number of fused-ring (bicyclic) bond motifs is 3. The maximum Gasteiger partial charge on any atom is 0.407 e. The van der Waals surface area contributed by atoms with Crippen LogP contribution in [0.15, 0.2) is 48.5 Å². The average molecular weight is 418 g/mol. The van der Waals surface area contributed by atoms with Crippen LogP contribution in [0.25, 0.3) is 11.1 Å². The molecule has 0 heterocycles. The fraction of sp³-hybridized carbons (Fsp3) is 0.364.